The summed E-state index contributed by atoms with van der Waals surface area (Å²) in [5.41, 5.74) is 0. The highest BCUT2D eigenvalue weighted by Crippen LogP contribution is 2.27. The lowest BCUT2D eigenvalue weighted by Gasteiger charge is -2.19. The Kier molecular flexibility index (Phi) is 5.48. The molecular weight excluding hydrogens is 312 g/mol. The summed E-state index contributed by atoms with van der Waals surface area (Å²) in [5, 5.41) is 0.548. The average molecular weight is 333 g/mol. The van der Waals surface area contributed by atoms with Crippen LogP contribution in [-0.4, -0.2) is 63.2 Å². The molecule has 0 radical (unpaired) electrons. The van der Waals surface area contributed by atoms with Crippen LogP contribution in [0.15, 0.2) is 24.3 Å². The fourth-order valence-electron chi connectivity index (χ4n) is 2.19. The third kappa shape index (κ3) is 4.57. The average Bonchev–Trinajstić information content (AvgIpc) is 2.89. The molecular formula is C14H21ClN2O3S. The molecule has 0 spiro atoms. The van der Waals surface area contributed by atoms with Gasteiger partial charge in [-0.15, -0.1) is 0 Å². The van der Waals surface area contributed by atoms with Gasteiger partial charge in [-0.3, -0.25) is 0 Å². The van der Waals surface area contributed by atoms with E-state index in [1.165, 1.54) is 4.31 Å². The third-order valence-corrected chi connectivity index (χ3v) is 5.56. The molecule has 118 valence electrons. The van der Waals surface area contributed by atoms with Crippen LogP contribution in [0, 0.1) is 0 Å². The van der Waals surface area contributed by atoms with E-state index in [0.29, 0.717) is 36.8 Å². The summed E-state index contributed by atoms with van der Waals surface area (Å²) in [5.74, 6) is 0.746. The molecule has 1 aromatic rings. The minimum atomic E-state index is -3.21. The second-order valence-corrected chi connectivity index (χ2v) is 7.93. The van der Waals surface area contributed by atoms with E-state index in [0.717, 1.165) is 0 Å². The van der Waals surface area contributed by atoms with Crippen molar-refractivity contribution in [3.05, 3.63) is 29.3 Å². The van der Waals surface area contributed by atoms with Gasteiger partial charge in [0.1, 0.15) is 11.9 Å². The van der Waals surface area contributed by atoms with E-state index >= 15 is 0 Å². The molecule has 1 fully saturated rings. The smallest absolute Gasteiger partial charge is 0.215 e. The van der Waals surface area contributed by atoms with Gasteiger partial charge in [0, 0.05) is 13.1 Å². The largest absolute Gasteiger partial charge is 0.487 e. The number of hydrogen-bond acceptors (Lipinski definition) is 4. The summed E-state index contributed by atoms with van der Waals surface area (Å²) in [6.07, 6.45) is 0.547. The first-order valence-electron chi connectivity index (χ1n) is 6.92. The fraction of sp³-hybridized carbons (Fsp3) is 0.571. The number of hydrogen-bond donors (Lipinski definition) is 0. The van der Waals surface area contributed by atoms with Gasteiger partial charge in [-0.2, -0.15) is 4.31 Å². The number of benzene rings is 1. The van der Waals surface area contributed by atoms with Crippen molar-refractivity contribution in [2.75, 3.05) is 39.5 Å². The van der Waals surface area contributed by atoms with E-state index in [1.807, 2.05) is 31.1 Å². The van der Waals surface area contributed by atoms with Gasteiger partial charge in [0.05, 0.1) is 17.3 Å². The normalized spacial score (nSPS) is 20.1. The molecule has 21 heavy (non-hydrogen) atoms. The van der Waals surface area contributed by atoms with Crippen molar-refractivity contribution in [2.24, 2.45) is 0 Å². The first-order chi connectivity index (χ1) is 9.88. The van der Waals surface area contributed by atoms with Gasteiger partial charge >= 0.3 is 0 Å². The third-order valence-electron chi connectivity index (χ3n) is 3.43. The first-order valence-corrected chi connectivity index (χ1v) is 8.91. The van der Waals surface area contributed by atoms with Crippen LogP contribution in [0.25, 0.3) is 0 Å². The molecule has 0 amide bonds. The number of halogens is 1. The zero-order chi connectivity index (χ0) is 15.5. The van der Waals surface area contributed by atoms with Gasteiger partial charge in [-0.1, -0.05) is 23.7 Å². The van der Waals surface area contributed by atoms with Crippen LogP contribution in [0.3, 0.4) is 0 Å². The van der Waals surface area contributed by atoms with Crippen molar-refractivity contribution in [2.45, 2.75) is 12.5 Å². The fourth-order valence-corrected chi connectivity index (χ4v) is 4.00. The van der Waals surface area contributed by atoms with Crippen LogP contribution in [0.4, 0.5) is 0 Å². The van der Waals surface area contributed by atoms with E-state index < -0.39 is 10.0 Å². The molecule has 0 N–H and O–H groups in total. The molecule has 0 bridgehead atoms. The summed E-state index contributed by atoms with van der Waals surface area (Å²) in [6, 6.07) is 7.24. The molecule has 7 heteroatoms. The monoisotopic (exact) mass is 332 g/mol. The van der Waals surface area contributed by atoms with Crippen LogP contribution in [0.5, 0.6) is 5.75 Å². The summed E-state index contributed by atoms with van der Waals surface area (Å²) in [6.45, 7) is 1.42. The molecule has 1 heterocycles. The highest BCUT2D eigenvalue weighted by atomic mass is 35.5. The number of sulfonamides is 1. The molecule has 1 aliphatic rings. The van der Waals surface area contributed by atoms with Crippen molar-refractivity contribution in [3.63, 3.8) is 0 Å². The van der Waals surface area contributed by atoms with Crippen LogP contribution in [0.1, 0.15) is 6.42 Å². The standard InChI is InChI=1S/C14H21ClN2O3S/c1-16(2)9-10-21(18,19)17-8-7-12(11-17)20-14-6-4-3-5-13(14)15/h3-6,12H,7-11H2,1-2H3. The van der Waals surface area contributed by atoms with Gasteiger partial charge < -0.3 is 9.64 Å². The van der Waals surface area contributed by atoms with Crippen LogP contribution < -0.4 is 4.74 Å². The highest BCUT2D eigenvalue weighted by Gasteiger charge is 2.32. The number of nitrogens with zero attached hydrogens (tertiary/aromatic N) is 2. The molecule has 0 saturated carbocycles. The van der Waals surface area contributed by atoms with Crippen molar-refractivity contribution in [1.29, 1.82) is 0 Å². The molecule has 1 unspecified atom stereocenters. The zero-order valence-corrected chi connectivity index (χ0v) is 13.9. The Labute approximate surface area is 131 Å². The Balaban J connectivity index is 1.93. The number of ether oxygens (including phenoxy) is 1. The summed E-state index contributed by atoms with van der Waals surface area (Å²) in [7, 11) is 0.516. The van der Waals surface area contributed by atoms with Crippen molar-refractivity contribution >= 4 is 21.6 Å². The lowest BCUT2D eigenvalue weighted by Crippen LogP contribution is -2.35. The van der Waals surface area contributed by atoms with Gasteiger partial charge in [0.2, 0.25) is 10.0 Å². The molecule has 2 rings (SSSR count). The maximum atomic E-state index is 12.2. The van der Waals surface area contributed by atoms with Gasteiger partial charge in [-0.05, 0) is 32.6 Å². The Hall–Kier alpha value is -0.820. The summed E-state index contributed by atoms with van der Waals surface area (Å²) < 4.78 is 31.8. The molecule has 0 aliphatic carbocycles. The van der Waals surface area contributed by atoms with Crippen molar-refractivity contribution in [1.82, 2.24) is 9.21 Å². The molecule has 1 aromatic carbocycles. The molecule has 5 nitrogen and oxygen atoms in total. The quantitative estimate of drug-likeness (QED) is 0.795. The van der Waals surface area contributed by atoms with E-state index in [4.69, 9.17) is 16.3 Å². The molecule has 1 aliphatic heterocycles. The lowest BCUT2D eigenvalue weighted by atomic mass is 10.3. The number of para-hydroxylation sites is 1. The Morgan fingerprint density at radius 3 is 2.76 bits per heavy atom. The van der Waals surface area contributed by atoms with E-state index in [1.54, 1.807) is 12.1 Å². The predicted octanol–water partition coefficient (Wildman–Crippen LogP) is 1.68. The first kappa shape index (κ1) is 16.5. The Morgan fingerprint density at radius 2 is 2.10 bits per heavy atom. The maximum Gasteiger partial charge on any atom is 0.215 e. The topological polar surface area (TPSA) is 49.9 Å². The van der Waals surface area contributed by atoms with Gasteiger partial charge in [-0.25, -0.2) is 8.42 Å². The molecule has 1 atom stereocenters. The summed E-state index contributed by atoms with van der Waals surface area (Å²) in [4.78, 5) is 1.87. The molecule has 0 aromatic heterocycles. The Morgan fingerprint density at radius 1 is 1.38 bits per heavy atom. The maximum absolute atomic E-state index is 12.2. The van der Waals surface area contributed by atoms with E-state index in [9.17, 15) is 8.42 Å². The zero-order valence-electron chi connectivity index (χ0n) is 12.3. The van der Waals surface area contributed by atoms with E-state index in [2.05, 4.69) is 0 Å². The SMILES string of the molecule is CN(C)CCS(=O)(=O)N1CCC(Oc2ccccc2Cl)C1. The highest BCUT2D eigenvalue weighted by molar-refractivity contribution is 7.89. The minimum Gasteiger partial charge on any atom is -0.487 e. The Bertz CT molecular complexity index is 577. The molecule has 1 saturated heterocycles. The lowest BCUT2D eigenvalue weighted by molar-refractivity contribution is 0.215. The summed E-state index contributed by atoms with van der Waals surface area (Å²) >= 11 is 6.05. The van der Waals surface area contributed by atoms with Crippen molar-refractivity contribution in [3.8, 4) is 5.75 Å². The van der Waals surface area contributed by atoms with Crippen LogP contribution >= 0.6 is 11.6 Å². The van der Waals surface area contributed by atoms with Gasteiger partial charge in [0.15, 0.2) is 0 Å². The van der Waals surface area contributed by atoms with Crippen molar-refractivity contribution < 1.29 is 13.2 Å². The predicted molar refractivity (Wildman–Crippen MR) is 84.4 cm³/mol. The second-order valence-electron chi connectivity index (χ2n) is 5.44. The van der Waals surface area contributed by atoms with Gasteiger partial charge in [0.25, 0.3) is 0 Å². The van der Waals surface area contributed by atoms with Crippen LogP contribution in [-0.2, 0) is 10.0 Å². The number of rotatable bonds is 6. The minimum absolute atomic E-state index is 0.138. The second kappa shape index (κ2) is 6.96. The van der Waals surface area contributed by atoms with E-state index in [-0.39, 0.29) is 11.9 Å². The van der Waals surface area contributed by atoms with Crippen LogP contribution in [0.2, 0.25) is 5.02 Å².